The first-order valence-corrected chi connectivity index (χ1v) is 9.76. The number of amides is 2. The summed E-state index contributed by atoms with van der Waals surface area (Å²) < 4.78 is 13.8. The van der Waals surface area contributed by atoms with Gasteiger partial charge in [0.15, 0.2) is 6.10 Å². The molecule has 0 spiro atoms. The number of hydroxylamine groups is 1. The molecule has 3 aromatic carbocycles. The number of para-hydroxylation sites is 1. The van der Waals surface area contributed by atoms with E-state index in [1.807, 2.05) is 61.5 Å². The minimum atomic E-state index is -0.967. The molecule has 30 heavy (non-hydrogen) atoms. The van der Waals surface area contributed by atoms with E-state index in [0.29, 0.717) is 0 Å². The SMILES string of the molecule is Cc1ccccc1[C@H]1[C@H]2C(=O)N(c3cccc(F)c3)C(=O)[C@@H]2ON1c1ccccc1. The van der Waals surface area contributed by atoms with Crippen molar-refractivity contribution in [3.05, 3.63) is 95.8 Å². The second kappa shape index (κ2) is 7.07. The summed E-state index contributed by atoms with van der Waals surface area (Å²) in [5.74, 6) is -2.11. The van der Waals surface area contributed by atoms with Crippen LogP contribution in [0.4, 0.5) is 15.8 Å². The highest BCUT2D eigenvalue weighted by Crippen LogP contribution is 2.48. The number of nitrogens with zero attached hydrogens (tertiary/aromatic N) is 2. The molecule has 5 nitrogen and oxygen atoms in total. The molecule has 3 atom stereocenters. The van der Waals surface area contributed by atoms with Crippen molar-refractivity contribution in [3.63, 3.8) is 0 Å². The van der Waals surface area contributed by atoms with Crippen molar-refractivity contribution < 1.29 is 18.8 Å². The van der Waals surface area contributed by atoms with Crippen LogP contribution in [0, 0.1) is 18.7 Å². The first-order valence-electron chi connectivity index (χ1n) is 9.76. The van der Waals surface area contributed by atoms with Gasteiger partial charge in [0, 0.05) is 0 Å². The van der Waals surface area contributed by atoms with Crippen molar-refractivity contribution in [2.75, 3.05) is 9.96 Å². The van der Waals surface area contributed by atoms with Gasteiger partial charge in [-0.3, -0.25) is 14.4 Å². The number of hydrogen-bond acceptors (Lipinski definition) is 4. The van der Waals surface area contributed by atoms with Crippen molar-refractivity contribution in [2.24, 2.45) is 5.92 Å². The van der Waals surface area contributed by atoms with Crippen LogP contribution in [0.2, 0.25) is 0 Å². The molecule has 3 aromatic rings. The lowest BCUT2D eigenvalue weighted by Crippen LogP contribution is -2.37. The third-order valence-corrected chi connectivity index (χ3v) is 5.70. The lowest BCUT2D eigenvalue weighted by molar-refractivity contribution is -0.126. The molecule has 2 heterocycles. The van der Waals surface area contributed by atoms with Crippen LogP contribution in [-0.2, 0) is 14.4 Å². The van der Waals surface area contributed by atoms with Crippen LogP contribution in [0.1, 0.15) is 17.2 Å². The Morgan fingerprint density at radius 2 is 1.53 bits per heavy atom. The third kappa shape index (κ3) is 2.80. The van der Waals surface area contributed by atoms with Gasteiger partial charge in [0.25, 0.3) is 5.91 Å². The van der Waals surface area contributed by atoms with Crippen molar-refractivity contribution in [1.82, 2.24) is 0 Å². The maximum atomic E-state index is 13.8. The highest BCUT2D eigenvalue weighted by atomic mass is 19.1. The molecule has 0 unspecified atom stereocenters. The van der Waals surface area contributed by atoms with E-state index >= 15 is 0 Å². The molecule has 2 saturated heterocycles. The Morgan fingerprint density at radius 3 is 2.27 bits per heavy atom. The van der Waals surface area contributed by atoms with Gasteiger partial charge >= 0.3 is 0 Å². The molecular formula is C24H19FN2O3. The van der Waals surface area contributed by atoms with E-state index in [4.69, 9.17) is 4.84 Å². The van der Waals surface area contributed by atoms with Gasteiger partial charge in [-0.25, -0.2) is 14.4 Å². The summed E-state index contributed by atoms with van der Waals surface area (Å²) >= 11 is 0. The molecule has 0 bridgehead atoms. The number of carbonyl (C=O) groups is 2. The maximum Gasteiger partial charge on any atom is 0.266 e. The van der Waals surface area contributed by atoms with Crippen molar-refractivity contribution >= 4 is 23.2 Å². The second-order valence-corrected chi connectivity index (χ2v) is 7.51. The predicted octanol–water partition coefficient (Wildman–Crippen LogP) is 4.19. The lowest BCUT2D eigenvalue weighted by atomic mass is 9.88. The Kier molecular flexibility index (Phi) is 4.37. The summed E-state index contributed by atoms with van der Waals surface area (Å²) in [6, 6.07) is 22.2. The Labute approximate surface area is 173 Å². The van der Waals surface area contributed by atoms with Crippen LogP contribution in [-0.4, -0.2) is 17.9 Å². The fourth-order valence-electron chi connectivity index (χ4n) is 4.32. The van der Waals surface area contributed by atoms with Gasteiger partial charge in [0.1, 0.15) is 11.7 Å². The second-order valence-electron chi connectivity index (χ2n) is 7.51. The van der Waals surface area contributed by atoms with Gasteiger partial charge in [0.2, 0.25) is 5.91 Å². The Morgan fingerprint density at radius 1 is 0.833 bits per heavy atom. The van der Waals surface area contributed by atoms with Gasteiger partial charge in [0.05, 0.1) is 17.4 Å². The standard InChI is InChI=1S/C24H19FN2O3/c1-15-8-5-6-13-19(15)21-20-22(30-27(21)17-10-3-2-4-11-17)24(29)26(23(20)28)18-12-7-9-16(25)14-18/h2-14,20-22H,1H3/t20-,21+,22-/m1/s1. The fourth-order valence-corrected chi connectivity index (χ4v) is 4.32. The number of benzene rings is 3. The van der Waals surface area contributed by atoms with E-state index in [-0.39, 0.29) is 11.6 Å². The van der Waals surface area contributed by atoms with Crippen LogP contribution in [0.3, 0.4) is 0 Å². The first kappa shape index (κ1) is 18.5. The molecule has 0 aliphatic carbocycles. The van der Waals surface area contributed by atoms with E-state index in [1.165, 1.54) is 18.2 Å². The van der Waals surface area contributed by atoms with Crippen LogP contribution in [0.25, 0.3) is 0 Å². The zero-order valence-corrected chi connectivity index (χ0v) is 16.2. The van der Waals surface area contributed by atoms with Gasteiger partial charge < -0.3 is 0 Å². The average molecular weight is 402 g/mol. The smallest absolute Gasteiger partial charge is 0.266 e. The van der Waals surface area contributed by atoms with Gasteiger partial charge in [-0.1, -0.05) is 48.5 Å². The Bertz CT molecular complexity index is 1130. The number of imide groups is 1. The van der Waals surface area contributed by atoms with E-state index in [0.717, 1.165) is 21.7 Å². The summed E-state index contributed by atoms with van der Waals surface area (Å²) in [4.78, 5) is 33.8. The van der Waals surface area contributed by atoms with Crippen LogP contribution in [0.5, 0.6) is 0 Å². The third-order valence-electron chi connectivity index (χ3n) is 5.70. The number of fused-ring (bicyclic) bond motifs is 1. The zero-order chi connectivity index (χ0) is 20.8. The van der Waals surface area contributed by atoms with E-state index in [9.17, 15) is 14.0 Å². The van der Waals surface area contributed by atoms with Crippen LogP contribution < -0.4 is 9.96 Å². The molecule has 0 radical (unpaired) electrons. The topological polar surface area (TPSA) is 49.9 Å². The molecule has 0 aromatic heterocycles. The number of rotatable bonds is 3. The maximum absolute atomic E-state index is 13.8. The molecule has 2 fully saturated rings. The summed E-state index contributed by atoms with van der Waals surface area (Å²) in [5, 5.41) is 1.66. The van der Waals surface area contributed by atoms with Gasteiger partial charge in [-0.2, -0.15) is 0 Å². The number of carbonyl (C=O) groups excluding carboxylic acids is 2. The molecule has 6 heteroatoms. The number of anilines is 2. The average Bonchev–Trinajstić information content (AvgIpc) is 3.25. The Hall–Kier alpha value is -3.51. The molecule has 0 N–H and O–H groups in total. The van der Waals surface area contributed by atoms with E-state index in [1.54, 1.807) is 11.1 Å². The molecular weight excluding hydrogens is 383 g/mol. The zero-order valence-electron chi connectivity index (χ0n) is 16.2. The summed E-state index contributed by atoms with van der Waals surface area (Å²) in [6.07, 6.45) is -0.967. The Balaban J connectivity index is 1.61. The fraction of sp³-hybridized carbons (Fsp3) is 0.167. The van der Waals surface area contributed by atoms with Crippen molar-refractivity contribution in [2.45, 2.75) is 19.1 Å². The quantitative estimate of drug-likeness (QED) is 0.617. The van der Waals surface area contributed by atoms with E-state index < -0.39 is 29.8 Å². The normalized spacial score (nSPS) is 23.2. The molecule has 5 rings (SSSR count). The minimum absolute atomic E-state index is 0.220. The van der Waals surface area contributed by atoms with E-state index in [2.05, 4.69) is 0 Å². The number of hydrogen-bond donors (Lipinski definition) is 0. The lowest BCUT2D eigenvalue weighted by Gasteiger charge is -2.29. The highest BCUT2D eigenvalue weighted by Gasteiger charge is 2.60. The molecule has 2 amide bonds. The summed E-state index contributed by atoms with van der Waals surface area (Å²) in [5.41, 5.74) is 2.89. The predicted molar refractivity (Wildman–Crippen MR) is 110 cm³/mol. The molecule has 2 aliphatic heterocycles. The summed E-state index contributed by atoms with van der Waals surface area (Å²) in [7, 11) is 0. The highest BCUT2D eigenvalue weighted by molar-refractivity contribution is 6.23. The van der Waals surface area contributed by atoms with Crippen LogP contribution >= 0.6 is 0 Å². The van der Waals surface area contributed by atoms with Gasteiger partial charge in [-0.05, 0) is 48.4 Å². The first-order chi connectivity index (χ1) is 14.6. The van der Waals surface area contributed by atoms with Crippen molar-refractivity contribution in [1.29, 1.82) is 0 Å². The largest absolute Gasteiger partial charge is 0.273 e. The van der Waals surface area contributed by atoms with Gasteiger partial charge in [-0.15, -0.1) is 0 Å². The minimum Gasteiger partial charge on any atom is -0.273 e. The summed E-state index contributed by atoms with van der Waals surface area (Å²) in [6.45, 7) is 1.97. The molecule has 2 aliphatic rings. The molecule has 0 saturated carbocycles. The van der Waals surface area contributed by atoms with Crippen LogP contribution in [0.15, 0.2) is 78.9 Å². The number of halogens is 1. The van der Waals surface area contributed by atoms with Crippen molar-refractivity contribution in [3.8, 4) is 0 Å². The monoisotopic (exact) mass is 402 g/mol. The number of aryl methyl sites for hydroxylation is 1. The molecule has 150 valence electrons.